The van der Waals surface area contributed by atoms with E-state index in [1.165, 1.54) is 30.6 Å². The molecule has 5 heteroatoms. The van der Waals surface area contributed by atoms with Crippen LogP contribution in [0.15, 0.2) is 53.9 Å². The van der Waals surface area contributed by atoms with Crippen LogP contribution in [0.1, 0.15) is 25.5 Å². The first kappa shape index (κ1) is 15.9. The molecule has 0 bridgehead atoms. The van der Waals surface area contributed by atoms with E-state index in [2.05, 4.69) is 11.9 Å². The predicted octanol–water partition coefficient (Wildman–Crippen LogP) is 3.84. The number of rotatable bonds is 7. The summed E-state index contributed by atoms with van der Waals surface area (Å²) in [6.07, 6.45) is 10.8. The van der Waals surface area contributed by atoms with Crippen molar-refractivity contribution in [1.29, 1.82) is 0 Å². The first-order valence-electron chi connectivity index (χ1n) is 7.31. The molecule has 5 nitrogen and oxygen atoms in total. The maximum atomic E-state index is 11.0. The standard InChI is InChI=1S/C17H20N2O3/c1-13(15-8-9-15)5-3-6-16(19(20)21)10-12-22-17-7-4-11-18-14(17)2/h3-7,10-11,15H,8-9,12H2,1-2H3/b6-3-,13-5+,16-10-. The number of hydrogen-bond acceptors (Lipinski definition) is 4. The Morgan fingerprint density at radius 2 is 2.32 bits per heavy atom. The second-order valence-corrected chi connectivity index (χ2v) is 5.33. The van der Waals surface area contributed by atoms with E-state index < -0.39 is 4.92 Å². The number of aryl methyl sites for hydroxylation is 1. The van der Waals surface area contributed by atoms with Gasteiger partial charge in [-0.15, -0.1) is 0 Å². The lowest BCUT2D eigenvalue weighted by Crippen LogP contribution is -2.01. The van der Waals surface area contributed by atoms with Crippen LogP contribution in [0.3, 0.4) is 0 Å². The zero-order valence-electron chi connectivity index (χ0n) is 12.9. The van der Waals surface area contributed by atoms with E-state index in [0.717, 1.165) is 5.69 Å². The highest BCUT2D eigenvalue weighted by Crippen LogP contribution is 2.35. The minimum atomic E-state index is -0.406. The van der Waals surface area contributed by atoms with Crippen LogP contribution < -0.4 is 4.74 Å². The molecule has 2 rings (SSSR count). The average molecular weight is 300 g/mol. The number of aromatic nitrogens is 1. The predicted molar refractivity (Wildman–Crippen MR) is 85.2 cm³/mol. The molecule has 0 spiro atoms. The second kappa shape index (κ2) is 7.54. The van der Waals surface area contributed by atoms with Crippen molar-refractivity contribution in [2.24, 2.45) is 5.92 Å². The van der Waals surface area contributed by atoms with Crippen molar-refractivity contribution >= 4 is 0 Å². The van der Waals surface area contributed by atoms with E-state index >= 15 is 0 Å². The lowest BCUT2D eigenvalue weighted by Gasteiger charge is -2.04. The van der Waals surface area contributed by atoms with Gasteiger partial charge in [0.25, 0.3) is 5.70 Å². The molecule has 1 aliphatic rings. The van der Waals surface area contributed by atoms with E-state index in [1.807, 2.05) is 13.0 Å². The Balaban J connectivity index is 1.95. The summed E-state index contributed by atoms with van der Waals surface area (Å²) in [5.41, 5.74) is 2.07. The molecule has 1 aromatic heterocycles. The maximum absolute atomic E-state index is 11.0. The summed E-state index contributed by atoms with van der Waals surface area (Å²) in [5.74, 6) is 1.31. The van der Waals surface area contributed by atoms with Crippen molar-refractivity contribution in [3.05, 3.63) is 69.7 Å². The second-order valence-electron chi connectivity index (χ2n) is 5.33. The summed E-state index contributed by atoms with van der Waals surface area (Å²) in [7, 11) is 0. The summed E-state index contributed by atoms with van der Waals surface area (Å²) < 4.78 is 5.50. The van der Waals surface area contributed by atoms with Crippen LogP contribution in [0.4, 0.5) is 0 Å². The van der Waals surface area contributed by atoms with Crippen molar-refractivity contribution in [3.63, 3.8) is 0 Å². The van der Waals surface area contributed by atoms with Gasteiger partial charge in [-0.25, -0.2) is 0 Å². The molecule has 1 saturated carbocycles. The number of hydrogen-bond donors (Lipinski definition) is 0. The summed E-state index contributed by atoms with van der Waals surface area (Å²) >= 11 is 0. The Bertz CT molecular complexity index is 629. The Morgan fingerprint density at radius 1 is 1.55 bits per heavy atom. The molecule has 0 saturated heterocycles. The normalized spacial score (nSPS) is 16.1. The van der Waals surface area contributed by atoms with E-state index in [9.17, 15) is 10.1 Å². The molecule has 22 heavy (non-hydrogen) atoms. The van der Waals surface area contributed by atoms with Crippen molar-refractivity contribution in [2.45, 2.75) is 26.7 Å². The third-order valence-electron chi connectivity index (χ3n) is 3.55. The first-order valence-corrected chi connectivity index (χ1v) is 7.31. The van der Waals surface area contributed by atoms with Gasteiger partial charge >= 0.3 is 0 Å². The largest absolute Gasteiger partial charge is 0.487 e. The Morgan fingerprint density at radius 3 is 2.95 bits per heavy atom. The molecular weight excluding hydrogens is 280 g/mol. The van der Waals surface area contributed by atoms with Crippen LogP contribution in [0.2, 0.25) is 0 Å². The number of pyridine rings is 1. The van der Waals surface area contributed by atoms with Gasteiger partial charge in [0.15, 0.2) is 0 Å². The molecule has 0 aliphatic heterocycles. The number of nitrogens with zero attached hydrogens (tertiary/aromatic N) is 2. The van der Waals surface area contributed by atoms with Crippen LogP contribution in [0.5, 0.6) is 5.75 Å². The molecule has 1 heterocycles. The summed E-state index contributed by atoms with van der Waals surface area (Å²) in [6, 6.07) is 3.56. The molecule has 0 amide bonds. The summed E-state index contributed by atoms with van der Waals surface area (Å²) in [4.78, 5) is 14.7. The van der Waals surface area contributed by atoms with Gasteiger partial charge < -0.3 is 4.74 Å². The SMILES string of the molecule is C\C(=C/C=C\C(=C\COc1cccnc1C)[N+](=O)[O-])C1CC1. The smallest absolute Gasteiger partial charge is 0.268 e. The molecule has 0 radical (unpaired) electrons. The maximum Gasteiger partial charge on any atom is 0.268 e. The quantitative estimate of drug-likeness (QED) is 0.436. The lowest BCUT2D eigenvalue weighted by atomic mass is 10.2. The fourth-order valence-electron chi connectivity index (χ4n) is 2.02. The van der Waals surface area contributed by atoms with Gasteiger partial charge in [0.1, 0.15) is 12.4 Å². The highest BCUT2D eigenvalue weighted by Gasteiger charge is 2.22. The van der Waals surface area contributed by atoms with Gasteiger partial charge in [0.05, 0.1) is 10.6 Å². The third kappa shape index (κ3) is 4.84. The molecule has 1 aliphatic carbocycles. The molecular formula is C17H20N2O3. The van der Waals surface area contributed by atoms with Crippen molar-refractivity contribution < 1.29 is 9.66 Å². The molecule has 116 valence electrons. The first-order chi connectivity index (χ1) is 10.6. The van der Waals surface area contributed by atoms with Crippen LogP contribution in [-0.2, 0) is 0 Å². The van der Waals surface area contributed by atoms with E-state index in [1.54, 1.807) is 24.4 Å². The van der Waals surface area contributed by atoms with Crippen LogP contribution in [-0.4, -0.2) is 16.5 Å². The Kier molecular flexibility index (Phi) is 5.47. The highest BCUT2D eigenvalue weighted by molar-refractivity contribution is 5.26. The Labute approximate surface area is 130 Å². The zero-order valence-corrected chi connectivity index (χ0v) is 12.9. The van der Waals surface area contributed by atoms with Crippen LogP contribution >= 0.6 is 0 Å². The van der Waals surface area contributed by atoms with Gasteiger partial charge in [0.2, 0.25) is 0 Å². The van der Waals surface area contributed by atoms with Gasteiger partial charge in [-0.3, -0.25) is 15.1 Å². The molecule has 1 fully saturated rings. The van der Waals surface area contributed by atoms with E-state index in [4.69, 9.17) is 4.74 Å². The molecule has 0 aromatic carbocycles. The minimum Gasteiger partial charge on any atom is -0.487 e. The van der Waals surface area contributed by atoms with Crippen molar-refractivity contribution in [2.75, 3.05) is 6.61 Å². The van der Waals surface area contributed by atoms with Gasteiger partial charge in [-0.05, 0) is 44.7 Å². The minimum absolute atomic E-state index is 0.0291. The van der Waals surface area contributed by atoms with Crippen molar-refractivity contribution in [3.8, 4) is 5.75 Å². The van der Waals surface area contributed by atoms with E-state index in [0.29, 0.717) is 11.7 Å². The number of nitro groups is 1. The monoisotopic (exact) mass is 300 g/mol. The Hall–Kier alpha value is -2.43. The topological polar surface area (TPSA) is 65.3 Å². The molecule has 0 unspecified atom stereocenters. The fraction of sp³-hybridized carbons (Fsp3) is 0.353. The molecule has 1 aromatic rings. The van der Waals surface area contributed by atoms with Crippen molar-refractivity contribution in [1.82, 2.24) is 4.98 Å². The van der Waals surface area contributed by atoms with E-state index in [-0.39, 0.29) is 12.3 Å². The lowest BCUT2D eigenvalue weighted by molar-refractivity contribution is -0.419. The van der Waals surface area contributed by atoms with Gasteiger partial charge in [-0.2, -0.15) is 0 Å². The number of allylic oxidation sites excluding steroid dienone is 4. The third-order valence-corrected chi connectivity index (χ3v) is 3.55. The average Bonchev–Trinajstić information content (AvgIpc) is 3.31. The fourth-order valence-corrected chi connectivity index (χ4v) is 2.02. The van der Waals surface area contributed by atoms with Crippen LogP contribution in [0, 0.1) is 23.0 Å². The zero-order chi connectivity index (χ0) is 15.9. The molecule has 0 N–H and O–H groups in total. The molecule has 0 atom stereocenters. The summed E-state index contributed by atoms with van der Waals surface area (Å²) in [5, 5.41) is 11.0. The van der Waals surface area contributed by atoms with Crippen LogP contribution in [0.25, 0.3) is 0 Å². The van der Waals surface area contributed by atoms with Gasteiger partial charge in [0, 0.05) is 18.3 Å². The summed E-state index contributed by atoms with van der Waals surface area (Å²) in [6.45, 7) is 4.03. The number of ether oxygens (including phenoxy) is 1. The van der Waals surface area contributed by atoms with Gasteiger partial charge in [-0.1, -0.05) is 17.7 Å². The highest BCUT2D eigenvalue weighted by atomic mass is 16.6.